The summed E-state index contributed by atoms with van der Waals surface area (Å²) in [5.74, 6) is 1.97. The average molecular weight is 246 g/mol. The zero-order valence-electron chi connectivity index (χ0n) is 8.34. The topological polar surface area (TPSA) is 3.24 Å². The third kappa shape index (κ3) is 2.69. The van der Waals surface area contributed by atoms with E-state index in [1.807, 2.05) is 0 Å². The van der Waals surface area contributed by atoms with E-state index in [-0.39, 0.29) is 0 Å². The molecule has 1 saturated carbocycles. The second kappa shape index (κ2) is 4.79. The van der Waals surface area contributed by atoms with Gasteiger partial charge in [-0.2, -0.15) is 0 Å². The van der Waals surface area contributed by atoms with Crippen LogP contribution in [0.15, 0.2) is 0 Å². The molecule has 2 rings (SSSR count). The summed E-state index contributed by atoms with van der Waals surface area (Å²) in [6, 6.07) is 0. The Morgan fingerprint density at radius 1 is 1.08 bits per heavy atom. The first-order chi connectivity index (χ1) is 6.38. The van der Waals surface area contributed by atoms with Crippen LogP contribution in [-0.2, 0) is 0 Å². The van der Waals surface area contributed by atoms with Crippen LogP contribution in [0, 0.1) is 11.8 Å². The molecule has 0 bridgehead atoms. The second-order valence-electron chi connectivity index (χ2n) is 4.72. The first-order valence-electron chi connectivity index (χ1n) is 5.67. The van der Waals surface area contributed by atoms with Crippen molar-refractivity contribution in [2.24, 2.45) is 11.8 Å². The third-order valence-electron chi connectivity index (χ3n) is 3.58. The predicted octanol–water partition coefficient (Wildman–Crippen LogP) is 2.89. The molecular weight excluding hydrogens is 226 g/mol. The Balaban J connectivity index is 1.70. The second-order valence-corrected chi connectivity index (χ2v) is 5.37. The van der Waals surface area contributed by atoms with Crippen LogP contribution in [0.25, 0.3) is 0 Å². The Hall–Kier alpha value is 0.440. The number of hydrogen-bond acceptors (Lipinski definition) is 1. The van der Waals surface area contributed by atoms with Crippen LogP contribution >= 0.6 is 15.9 Å². The number of halogens is 1. The molecule has 2 heteroatoms. The largest absolute Gasteiger partial charge is 0.303 e. The van der Waals surface area contributed by atoms with E-state index in [0.717, 1.165) is 11.8 Å². The fraction of sp³-hybridized carbons (Fsp3) is 1.00. The normalized spacial score (nSPS) is 31.6. The van der Waals surface area contributed by atoms with Gasteiger partial charge < -0.3 is 4.90 Å². The summed E-state index contributed by atoms with van der Waals surface area (Å²) >= 11 is 3.59. The number of rotatable bonds is 3. The molecule has 0 aromatic rings. The summed E-state index contributed by atoms with van der Waals surface area (Å²) < 4.78 is 0. The van der Waals surface area contributed by atoms with Crippen molar-refractivity contribution in [3.63, 3.8) is 0 Å². The van der Waals surface area contributed by atoms with Gasteiger partial charge in [0.1, 0.15) is 0 Å². The Labute approximate surface area is 90.0 Å². The van der Waals surface area contributed by atoms with E-state index in [1.165, 1.54) is 57.1 Å². The number of nitrogens with zero attached hydrogens (tertiary/aromatic N) is 1. The van der Waals surface area contributed by atoms with E-state index >= 15 is 0 Å². The average Bonchev–Trinajstić information content (AvgIpc) is 2.76. The molecule has 76 valence electrons. The number of likely N-dealkylation sites (tertiary alicyclic amines) is 1. The summed E-state index contributed by atoms with van der Waals surface area (Å²) in [6.45, 7) is 4.10. The van der Waals surface area contributed by atoms with Gasteiger partial charge in [0.15, 0.2) is 0 Å². The molecule has 2 aliphatic rings. The zero-order chi connectivity index (χ0) is 9.10. The minimum atomic E-state index is 0.932. The minimum Gasteiger partial charge on any atom is -0.303 e. The highest BCUT2D eigenvalue weighted by molar-refractivity contribution is 9.09. The number of hydrogen-bond donors (Lipinski definition) is 0. The van der Waals surface area contributed by atoms with E-state index in [0.29, 0.717) is 0 Å². The molecule has 0 aromatic heterocycles. The molecular formula is C11H20BrN. The van der Waals surface area contributed by atoms with Crippen LogP contribution in [0.2, 0.25) is 0 Å². The molecule has 1 aliphatic carbocycles. The summed E-state index contributed by atoms with van der Waals surface area (Å²) in [5, 5.41) is 1.20. The van der Waals surface area contributed by atoms with Crippen LogP contribution in [0.1, 0.15) is 32.1 Å². The molecule has 1 aliphatic heterocycles. The monoisotopic (exact) mass is 245 g/mol. The van der Waals surface area contributed by atoms with Gasteiger partial charge in [-0.25, -0.2) is 0 Å². The molecule has 0 spiro atoms. The van der Waals surface area contributed by atoms with E-state index in [2.05, 4.69) is 20.8 Å². The highest BCUT2D eigenvalue weighted by Gasteiger charge is 2.24. The first kappa shape index (κ1) is 9.97. The van der Waals surface area contributed by atoms with Crippen molar-refractivity contribution in [1.82, 2.24) is 4.90 Å². The van der Waals surface area contributed by atoms with Gasteiger partial charge in [-0.3, -0.25) is 0 Å². The molecule has 2 fully saturated rings. The maximum Gasteiger partial charge on any atom is 0.00723 e. The molecule has 1 atom stereocenters. The molecule has 0 aromatic carbocycles. The predicted molar refractivity (Wildman–Crippen MR) is 60.3 cm³/mol. The fourth-order valence-electron chi connectivity index (χ4n) is 2.76. The van der Waals surface area contributed by atoms with Crippen molar-refractivity contribution in [1.29, 1.82) is 0 Å². The Bertz CT molecular complexity index is 154. The SMILES string of the molecule is BrCC1CCN(CC2CCCC2)C1. The van der Waals surface area contributed by atoms with Crippen LogP contribution < -0.4 is 0 Å². The highest BCUT2D eigenvalue weighted by atomic mass is 79.9. The van der Waals surface area contributed by atoms with Crippen LogP contribution in [-0.4, -0.2) is 29.9 Å². The molecule has 1 unspecified atom stereocenters. The molecule has 1 heterocycles. The molecule has 13 heavy (non-hydrogen) atoms. The summed E-state index contributed by atoms with van der Waals surface area (Å²) in [5.41, 5.74) is 0. The molecule has 1 saturated heterocycles. The molecule has 0 amide bonds. The minimum absolute atomic E-state index is 0.932. The number of alkyl halides is 1. The highest BCUT2D eigenvalue weighted by Crippen LogP contribution is 2.27. The molecule has 0 radical (unpaired) electrons. The zero-order valence-corrected chi connectivity index (χ0v) is 9.93. The van der Waals surface area contributed by atoms with Crippen molar-refractivity contribution >= 4 is 15.9 Å². The van der Waals surface area contributed by atoms with Gasteiger partial charge in [-0.05, 0) is 37.6 Å². The first-order valence-corrected chi connectivity index (χ1v) is 6.79. The lowest BCUT2D eigenvalue weighted by Crippen LogP contribution is -2.26. The molecule has 1 nitrogen and oxygen atoms in total. The summed E-state index contributed by atoms with van der Waals surface area (Å²) in [7, 11) is 0. The maximum atomic E-state index is 3.59. The van der Waals surface area contributed by atoms with Gasteiger partial charge in [-0.1, -0.05) is 28.8 Å². The summed E-state index contributed by atoms with van der Waals surface area (Å²) in [4.78, 5) is 2.68. The molecule has 0 N–H and O–H groups in total. The Morgan fingerprint density at radius 2 is 1.85 bits per heavy atom. The van der Waals surface area contributed by atoms with E-state index in [1.54, 1.807) is 0 Å². The van der Waals surface area contributed by atoms with Crippen LogP contribution in [0.4, 0.5) is 0 Å². The van der Waals surface area contributed by atoms with Crippen molar-refractivity contribution < 1.29 is 0 Å². The standard InChI is InChI=1S/C11H20BrN/c12-7-11-5-6-13(9-11)8-10-3-1-2-4-10/h10-11H,1-9H2. The quantitative estimate of drug-likeness (QED) is 0.692. The van der Waals surface area contributed by atoms with E-state index < -0.39 is 0 Å². The Kier molecular flexibility index (Phi) is 3.67. The smallest absolute Gasteiger partial charge is 0.00723 e. The van der Waals surface area contributed by atoms with Gasteiger partial charge in [0.25, 0.3) is 0 Å². The van der Waals surface area contributed by atoms with Gasteiger partial charge in [-0.15, -0.1) is 0 Å². The van der Waals surface area contributed by atoms with Gasteiger partial charge >= 0.3 is 0 Å². The fourth-order valence-corrected chi connectivity index (χ4v) is 3.29. The van der Waals surface area contributed by atoms with Gasteiger partial charge in [0.2, 0.25) is 0 Å². The van der Waals surface area contributed by atoms with Crippen molar-refractivity contribution in [2.45, 2.75) is 32.1 Å². The maximum absolute atomic E-state index is 3.59. The Morgan fingerprint density at radius 3 is 2.46 bits per heavy atom. The van der Waals surface area contributed by atoms with Crippen molar-refractivity contribution in [2.75, 3.05) is 25.0 Å². The van der Waals surface area contributed by atoms with Crippen LogP contribution in [0.3, 0.4) is 0 Å². The van der Waals surface area contributed by atoms with Gasteiger partial charge in [0.05, 0.1) is 0 Å². The van der Waals surface area contributed by atoms with Crippen molar-refractivity contribution in [3.05, 3.63) is 0 Å². The van der Waals surface area contributed by atoms with Gasteiger partial charge in [0, 0.05) is 18.4 Å². The lowest BCUT2D eigenvalue weighted by molar-refractivity contribution is 0.273. The summed E-state index contributed by atoms with van der Waals surface area (Å²) in [6.07, 6.45) is 7.38. The van der Waals surface area contributed by atoms with Crippen LogP contribution in [0.5, 0.6) is 0 Å². The van der Waals surface area contributed by atoms with E-state index in [4.69, 9.17) is 0 Å². The lowest BCUT2D eigenvalue weighted by Gasteiger charge is -2.19. The lowest BCUT2D eigenvalue weighted by atomic mass is 10.1. The third-order valence-corrected chi connectivity index (χ3v) is 4.50. The van der Waals surface area contributed by atoms with E-state index in [9.17, 15) is 0 Å². The van der Waals surface area contributed by atoms with Crippen molar-refractivity contribution in [3.8, 4) is 0 Å².